The Balaban J connectivity index is 1.71. The number of anilines is 2. The van der Waals surface area contributed by atoms with Crippen LogP contribution in [0.25, 0.3) is 22.4 Å². The first kappa shape index (κ1) is 18.8. The zero-order valence-electron chi connectivity index (χ0n) is 26.8. The summed E-state index contributed by atoms with van der Waals surface area (Å²) in [5, 5.41) is 0. The van der Waals surface area contributed by atoms with Crippen LogP contribution in [-0.2, 0) is 11.3 Å². The molecule has 4 aromatic rings. The van der Waals surface area contributed by atoms with Gasteiger partial charge in [-0.15, -0.1) is 0 Å². The first-order valence-corrected chi connectivity index (χ1v) is 11.3. The Morgan fingerprint density at radius 2 is 2.05 bits per heavy atom. The summed E-state index contributed by atoms with van der Waals surface area (Å²) in [5.74, 6) is -5.24. The van der Waals surface area contributed by atoms with Gasteiger partial charge in [-0.05, 0) is 30.5 Å². The fourth-order valence-corrected chi connectivity index (χ4v) is 4.14. The van der Waals surface area contributed by atoms with Crippen molar-refractivity contribution in [1.82, 2.24) is 24.5 Å². The number of rotatable bonds is 7. The maximum atomic E-state index is 15.2. The van der Waals surface area contributed by atoms with Gasteiger partial charge in [0.05, 0.1) is 49.9 Å². The van der Waals surface area contributed by atoms with Crippen LogP contribution in [0.15, 0.2) is 37.1 Å². The van der Waals surface area contributed by atoms with Gasteiger partial charge in [-0.2, -0.15) is 0 Å². The van der Waals surface area contributed by atoms with Crippen molar-refractivity contribution in [3.63, 3.8) is 0 Å². The first-order chi connectivity index (χ1) is 21.3. The van der Waals surface area contributed by atoms with E-state index in [1.54, 1.807) is 0 Å². The molecule has 39 heavy (non-hydrogen) atoms. The second kappa shape index (κ2) is 10.1. The average molecular weight is 552 g/mol. The van der Waals surface area contributed by atoms with Gasteiger partial charge in [-0.25, -0.2) is 32.5 Å². The molecule has 204 valence electrons. The topological polar surface area (TPSA) is 138 Å². The molecule has 5 rings (SSSR count). The zero-order chi connectivity index (χ0) is 34.0. The van der Waals surface area contributed by atoms with Gasteiger partial charge in [-0.3, -0.25) is 9.78 Å². The second-order valence-electron chi connectivity index (χ2n) is 8.61. The quantitative estimate of drug-likeness (QED) is 0.332. The van der Waals surface area contributed by atoms with Crippen molar-refractivity contribution >= 4 is 28.5 Å². The Morgan fingerprint density at radius 3 is 2.82 bits per heavy atom. The number of halogens is 4. The third-order valence-corrected chi connectivity index (χ3v) is 6.12. The minimum Gasteiger partial charge on any atom is -0.494 e. The summed E-state index contributed by atoms with van der Waals surface area (Å²) in [6.07, 6.45) is -1.77. The molecule has 0 amide bonds. The van der Waals surface area contributed by atoms with Gasteiger partial charge in [0.1, 0.15) is 17.7 Å². The lowest BCUT2D eigenvalue weighted by Crippen LogP contribution is -2.61. The highest BCUT2D eigenvalue weighted by Crippen LogP contribution is 2.34. The van der Waals surface area contributed by atoms with Crippen LogP contribution in [0, 0.1) is 11.6 Å². The highest BCUT2D eigenvalue weighted by Gasteiger charge is 2.43. The number of Topliss-reactive ketones (excluding diaryl/α,β-unsaturated/α-hetero) is 1. The maximum Gasteiger partial charge on any atom is 0.297 e. The van der Waals surface area contributed by atoms with Crippen LogP contribution in [0.4, 0.5) is 29.1 Å². The molecule has 10 nitrogen and oxygen atoms in total. The fourth-order valence-electron chi connectivity index (χ4n) is 4.14. The van der Waals surface area contributed by atoms with Crippen molar-refractivity contribution in [1.29, 1.82) is 0 Å². The zero-order valence-corrected chi connectivity index (χ0v) is 19.8. The highest BCUT2D eigenvalue weighted by atomic mass is 19.3. The number of benzene rings is 1. The number of aromatic nitrogens is 5. The lowest BCUT2D eigenvalue weighted by atomic mass is 9.85. The first-order valence-electron chi connectivity index (χ1n) is 14.8. The Kier molecular flexibility index (Phi) is 4.88. The van der Waals surface area contributed by atoms with E-state index in [0.717, 1.165) is 18.6 Å². The third kappa shape index (κ3) is 4.82. The monoisotopic (exact) mass is 551 g/mol. The van der Waals surface area contributed by atoms with Crippen LogP contribution >= 0.6 is 0 Å². The van der Waals surface area contributed by atoms with Gasteiger partial charge in [0.15, 0.2) is 23.0 Å². The molecule has 0 bridgehead atoms. The van der Waals surface area contributed by atoms with Gasteiger partial charge < -0.3 is 25.7 Å². The SMILES string of the molecule is [2H]C([2H])([2H])Oc1cc(F)c(-c2cc(Cn3cnc4c(N)ncnc43)c(N3C([2H])([2H])CC[C@](N)(C(=O)C(F)F)C3([2H])[2H])cn2)cc1F. The predicted octanol–water partition coefficient (Wildman–Crippen LogP) is 2.94. The summed E-state index contributed by atoms with van der Waals surface area (Å²) >= 11 is 0. The Bertz CT molecular complexity index is 1840. The number of pyridine rings is 1. The number of nitrogens with two attached hydrogens (primary N) is 2. The van der Waals surface area contributed by atoms with E-state index in [2.05, 4.69) is 24.7 Å². The van der Waals surface area contributed by atoms with Crippen molar-refractivity contribution in [3.05, 3.63) is 54.2 Å². The van der Waals surface area contributed by atoms with E-state index in [9.17, 15) is 18.0 Å². The number of piperidine rings is 1. The molecule has 4 N–H and O–H groups in total. The van der Waals surface area contributed by atoms with Gasteiger partial charge >= 0.3 is 0 Å². The Labute approximate surface area is 229 Å². The normalized spacial score (nSPS) is 23.2. The van der Waals surface area contributed by atoms with Gasteiger partial charge in [-0.1, -0.05) is 0 Å². The van der Waals surface area contributed by atoms with Crippen LogP contribution in [-0.4, -0.2) is 62.3 Å². The summed E-state index contributed by atoms with van der Waals surface area (Å²) in [4.78, 5) is 29.1. The molecule has 1 atom stereocenters. The van der Waals surface area contributed by atoms with Crippen LogP contribution < -0.4 is 21.1 Å². The Hall–Kier alpha value is -4.33. The summed E-state index contributed by atoms with van der Waals surface area (Å²) in [7, 11) is -3.08. The Morgan fingerprint density at radius 1 is 1.23 bits per heavy atom. The van der Waals surface area contributed by atoms with Gasteiger partial charge in [0, 0.05) is 27.4 Å². The number of nitrogen functional groups attached to an aromatic ring is 1. The summed E-state index contributed by atoms with van der Waals surface area (Å²) in [5.41, 5.74) is 8.16. The van der Waals surface area contributed by atoms with E-state index in [1.807, 2.05) is 0 Å². The molecule has 14 heteroatoms. The van der Waals surface area contributed by atoms with Crippen molar-refractivity contribution in [2.24, 2.45) is 5.73 Å². The summed E-state index contributed by atoms with van der Waals surface area (Å²) in [6.45, 7) is -6.22. The summed E-state index contributed by atoms with van der Waals surface area (Å²) < 4.78 is 119. The molecule has 0 spiro atoms. The fraction of sp³-hybridized carbons (Fsp3) is 0.320. The lowest BCUT2D eigenvalue weighted by molar-refractivity contribution is -0.135. The minimum atomic E-state index is -3.66. The van der Waals surface area contributed by atoms with E-state index in [0.29, 0.717) is 17.0 Å². The molecule has 0 radical (unpaired) electrons. The van der Waals surface area contributed by atoms with Crippen LogP contribution in [0.2, 0.25) is 0 Å². The average Bonchev–Trinajstić information content (AvgIpc) is 3.36. The molecular formula is C25H24F4N8O2. The number of hydrogen-bond acceptors (Lipinski definition) is 9. The third-order valence-electron chi connectivity index (χ3n) is 6.12. The number of alkyl halides is 2. The van der Waals surface area contributed by atoms with Crippen molar-refractivity contribution in [2.45, 2.75) is 31.4 Å². The van der Waals surface area contributed by atoms with Crippen molar-refractivity contribution < 1.29 is 36.7 Å². The van der Waals surface area contributed by atoms with E-state index >= 15 is 4.39 Å². The second-order valence-corrected chi connectivity index (χ2v) is 8.61. The van der Waals surface area contributed by atoms with Crippen molar-refractivity contribution in [2.75, 3.05) is 30.7 Å². The molecule has 0 unspecified atom stereocenters. The maximum absolute atomic E-state index is 15.2. The number of hydrogen-bond donors (Lipinski definition) is 2. The van der Waals surface area contributed by atoms with E-state index < -0.39 is 73.6 Å². The molecule has 4 heterocycles. The molecule has 0 aliphatic carbocycles. The number of carbonyl (C=O) groups is 1. The van der Waals surface area contributed by atoms with E-state index in [-0.39, 0.29) is 40.5 Å². The number of carbonyl (C=O) groups excluding carboxylic acids is 1. The molecular weight excluding hydrogens is 520 g/mol. The standard InChI is InChI=1S/C25H24F4N8O2/c1-39-19-7-15(26)14(6-16(19)27)17-5-13(9-37-12-35-20-23(30)33-11-34-24(20)37)18(8-32-17)36-4-2-3-25(31,10-36)21(38)22(28)29/h5-8,11-12,22H,2-4,9-10,31H2,1H3,(H2,30,33,34)/t25-/m1/s1/i1D3,4D2,10D2. The molecule has 1 saturated heterocycles. The van der Waals surface area contributed by atoms with Gasteiger partial charge in [0.2, 0.25) is 5.78 Å². The van der Waals surface area contributed by atoms with Gasteiger partial charge in [0.25, 0.3) is 6.43 Å². The van der Waals surface area contributed by atoms with Crippen LogP contribution in [0.1, 0.15) is 28.0 Å². The molecule has 0 saturated carbocycles. The summed E-state index contributed by atoms with van der Waals surface area (Å²) in [6, 6.07) is 2.26. The number of methoxy groups -OCH3 is 1. The van der Waals surface area contributed by atoms with Crippen LogP contribution in [0.3, 0.4) is 0 Å². The van der Waals surface area contributed by atoms with E-state index in [4.69, 9.17) is 21.1 Å². The molecule has 3 aromatic heterocycles. The molecule has 1 fully saturated rings. The number of imidazole rings is 1. The predicted molar refractivity (Wildman–Crippen MR) is 134 cm³/mol. The smallest absolute Gasteiger partial charge is 0.297 e. The molecule has 1 aliphatic rings. The lowest BCUT2D eigenvalue weighted by Gasteiger charge is -2.40. The van der Waals surface area contributed by atoms with Crippen molar-refractivity contribution in [3.8, 4) is 17.0 Å². The van der Waals surface area contributed by atoms with E-state index in [1.165, 1.54) is 10.9 Å². The molecule has 1 aliphatic heterocycles. The number of ether oxygens (including phenoxy) is 1. The molecule has 1 aromatic carbocycles. The number of fused-ring (bicyclic) bond motifs is 1. The minimum absolute atomic E-state index is 0.0124. The largest absolute Gasteiger partial charge is 0.494 e. The highest BCUT2D eigenvalue weighted by molar-refractivity contribution is 5.92. The number of nitrogens with zero attached hydrogens (tertiary/aromatic N) is 6. The number of ketones is 1. The van der Waals surface area contributed by atoms with Crippen LogP contribution in [0.5, 0.6) is 5.75 Å².